The van der Waals surface area contributed by atoms with Gasteiger partial charge >= 0.3 is 0 Å². The smallest absolute Gasteiger partial charge is 0.263 e. The second-order valence-corrected chi connectivity index (χ2v) is 15.0. The molecule has 33 heavy (non-hydrogen) atoms. The molecule has 0 unspecified atom stereocenters. The molecule has 4 saturated carbocycles. The average molecular weight is 473 g/mol. The Bertz CT molecular complexity index is 975. The van der Waals surface area contributed by atoms with Gasteiger partial charge < -0.3 is 0 Å². The largest absolute Gasteiger partial charge is 0.297 e. The molecule has 3 nitrogen and oxygen atoms in total. The summed E-state index contributed by atoms with van der Waals surface area (Å²) in [5.74, 6) is 3.26. The molecule has 5 rings (SSSR count). The van der Waals surface area contributed by atoms with Crippen LogP contribution in [-0.4, -0.2) is 14.5 Å². The molecule has 0 amide bonds. The first-order valence-electron chi connectivity index (χ1n) is 13.5. The highest BCUT2D eigenvalue weighted by Crippen LogP contribution is 2.66. The van der Waals surface area contributed by atoms with Gasteiger partial charge in [0.2, 0.25) is 0 Å². The van der Waals surface area contributed by atoms with Crippen LogP contribution in [0.25, 0.3) is 0 Å². The SMILES string of the molecule is CC(C)(C)c1ccc(S(=O)(=O)O[C@@H]2CC[C@@]3(C)[C@@H](CC[C@@H]4[C@H]3CC[C@]3(C)CCC[C@@H]43)C2)cc1. The third-order valence-electron chi connectivity index (χ3n) is 10.7. The van der Waals surface area contributed by atoms with Crippen molar-refractivity contribution >= 4 is 10.1 Å². The second-order valence-electron chi connectivity index (χ2n) is 13.5. The van der Waals surface area contributed by atoms with Gasteiger partial charge in [-0.25, -0.2) is 0 Å². The van der Waals surface area contributed by atoms with E-state index in [9.17, 15) is 8.42 Å². The van der Waals surface area contributed by atoms with E-state index in [0.717, 1.165) is 42.6 Å². The fourth-order valence-electron chi connectivity index (χ4n) is 8.66. The van der Waals surface area contributed by atoms with Crippen molar-refractivity contribution in [2.45, 2.75) is 115 Å². The molecular formula is C29H44O3S. The second kappa shape index (κ2) is 8.08. The Balaban J connectivity index is 1.27. The molecule has 0 radical (unpaired) electrons. The van der Waals surface area contributed by atoms with Crippen molar-refractivity contribution in [2.24, 2.45) is 34.5 Å². The van der Waals surface area contributed by atoms with Crippen molar-refractivity contribution in [2.75, 3.05) is 0 Å². The van der Waals surface area contributed by atoms with Crippen molar-refractivity contribution < 1.29 is 12.6 Å². The van der Waals surface area contributed by atoms with Gasteiger partial charge in [-0.2, -0.15) is 8.42 Å². The summed E-state index contributed by atoms with van der Waals surface area (Å²) >= 11 is 0. The van der Waals surface area contributed by atoms with Gasteiger partial charge in [0.25, 0.3) is 10.1 Å². The van der Waals surface area contributed by atoms with E-state index in [0.29, 0.717) is 21.6 Å². The van der Waals surface area contributed by atoms with E-state index in [4.69, 9.17) is 4.18 Å². The standard InChI is InChI=1S/C29H44O3S/c1-27(2,3)20-8-11-23(12-9-20)33(30,31)32-22-14-18-29(5)21(19-22)10-13-24-25-7-6-16-28(25,4)17-15-26(24)29/h8-9,11-12,21-22,24-26H,6-7,10,13-19H2,1-5H3/t21-,22+,24-,25-,26+,28-,29-/m0/s1. The maximum absolute atomic E-state index is 13.1. The number of hydrogen-bond donors (Lipinski definition) is 0. The van der Waals surface area contributed by atoms with E-state index in [1.165, 1.54) is 44.9 Å². The van der Waals surface area contributed by atoms with Gasteiger partial charge in [0, 0.05) is 0 Å². The molecule has 7 atom stereocenters. The Morgan fingerprint density at radius 3 is 2.30 bits per heavy atom. The van der Waals surface area contributed by atoms with Gasteiger partial charge in [-0.3, -0.25) is 4.18 Å². The van der Waals surface area contributed by atoms with Crippen LogP contribution in [0.15, 0.2) is 29.2 Å². The van der Waals surface area contributed by atoms with Crippen LogP contribution in [0, 0.1) is 34.5 Å². The van der Waals surface area contributed by atoms with Gasteiger partial charge in [0.15, 0.2) is 0 Å². The van der Waals surface area contributed by atoms with Crippen LogP contribution in [0.1, 0.15) is 104 Å². The molecule has 4 fully saturated rings. The van der Waals surface area contributed by atoms with Crippen LogP contribution < -0.4 is 0 Å². The first-order chi connectivity index (χ1) is 15.4. The summed E-state index contributed by atoms with van der Waals surface area (Å²) in [6, 6.07) is 7.29. The van der Waals surface area contributed by atoms with Gasteiger partial charge in [-0.1, -0.05) is 53.2 Å². The van der Waals surface area contributed by atoms with Crippen LogP contribution in [-0.2, 0) is 19.7 Å². The van der Waals surface area contributed by atoms with Crippen molar-refractivity contribution in [1.82, 2.24) is 0 Å². The average Bonchev–Trinajstić information content (AvgIpc) is 3.15. The molecule has 0 bridgehead atoms. The molecular weight excluding hydrogens is 428 g/mol. The van der Waals surface area contributed by atoms with Crippen LogP contribution in [0.5, 0.6) is 0 Å². The Morgan fingerprint density at radius 1 is 0.879 bits per heavy atom. The summed E-state index contributed by atoms with van der Waals surface area (Å²) in [6.45, 7) is 11.5. The first kappa shape index (κ1) is 23.9. The zero-order chi connectivity index (χ0) is 23.6. The first-order valence-corrected chi connectivity index (χ1v) is 14.9. The van der Waals surface area contributed by atoms with E-state index >= 15 is 0 Å². The molecule has 1 aromatic rings. The molecule has 4 aliphatic rings. The zero-order valence-electron chi connectivity index (χ0n) is 21.4. The number of benzene rings is 1. The minimum atomic E-state index is -3.72. The summed E-state index contributed by atoms with van der Waals surface area (Å²) in [4.78, 5) is 0.292. The maximum Gasteiger partial charge on any atom is 0.297 e. The van der Waals surface area contributed by atoms with Crippen LogP contribution in [0.2, 0.25) is 0 Å². The van der Waals surface area contributed by atoms with Crippen molar-refractivity contribution in [3.05, 3.63) is 29.8 Å². The van der Waals surface area contributed by atoms with Crippen LogP contribution in [0.4, 0.5) is 0 Å². The molecule has 0 saturated heterocycles. The molecule has 184 valence electrons. The summed E-state index contributed by atoms with van der Waals surface area (Å²) in [6.07, 6.45) is 12.4. The lowest BCUT2D eigenvalue weighted by atomic mass is 9.45. The quantitative estimate of drug-likeness (QED) is 0.428. The fraction of sp³-hybridized carbons (Fsp3) is 0.793. The predicted octanol–water partition coefficient (Wildman–Crippen LogP) is 7.49. The molecule has 0 N–H and O–H groups in total. The molecule has 4 aliphatic carbocycles. The van der Waals surface area contributed by atoms with Gasteiger partial charge in [-0.15, -0.1) is 0 Å². The minimum absolute atomic E-state index is 0.00483. The van der Waals surface area contributed by atoms with Crippen LogP contribution in [0.3, 0.4) is 0 Å². The minimum Gasteiger partial charge on any atom is -0.263 e. The monoisotopic (exact) mass is 472 g/mol. The third-order valence-corrected chi connectivity index (χ3v) is 12.0. The Hall–Kier alpha value is -0.870. The fourth-order valence-corrected chi connectivity index (χ4v) is 9.77. The topological polar surface area (TPSA) is 43.4 Å². The molecule has 0 spiro atoms. The normalized spacial score (nSPS) is 41.2. The number of hydrogen-bond acceptors (Lipinski definition) is 3. The van der Waals surface area contributed by atoms with E-state index in [2.05, 4.69) is 34.6 Å². The Morgan fingerprint density at radius 2 is 1.61 bits per heavy atom. The summed E-state index contributed by atoms with van der Waals surface area (Å²) in [7, 11) is -3.72. The van der Waals surface area contributed by atoms with E-state index in [1.807, 2.05) is 12.1 Å². The lowest BCUT2D eigenvalue weighted by Crippen LogP contribution is -2.53. The van der Waals surface area contributed by atoms with Crippen molar-refractivity contribution in [1.29, 1.82) is 0 Å². The third kappa shape index (κ3) is 4.11. The van der Waals surface area contributed by atoms with Gasteiger partial charge in [-0.05, 0) is 115 Å². The van der Waals surface area contributed by atoms with E-state index in [1.54, 1.807) is 12.1 Å². The summed E-state index contributed by atoms with van der Waals surface area (Å²) in [5, 5.41) is 0. The van der Waals surface area contributed by atoms with E-state index in [-0.39, 0.29) is 11.5 Å². The van der Waals surface area contributed by atoms with Crippen molar-refractivity contribution in [3.63, 3.8) is 0 Å². The number of rotatable bonds is 3. The molecule has 0 aliphatic heterocycles. The number of fused-ring (bicyclic) bond motifs is 5. The Labute approximate surface area is 202 Å². The summed E-state index contributed by atoms with van der Waals surface area (Å²) in [5.41, 5.74) is 2.11. The van der Waals surface area contributed by atoms with Crippen LogP contribution >= 0.6 is 0 Å². The molecule has 0 aromatic heterocycles. The van der Waals surface area contributed by atoms with Crippen molar-refractivity contribution in [3.8, 4) is 0 Å². The lowest BCUT2D eigenvalue weighted by Gasteiger charge is -2.60. The molecule has 1 aromatic carbocycles. The highest BCUT2D eigenvalue weighted by atomic mass is 32.2. The lowest BCUT2D eigenvalue weighted by molar-refractivity contribution is -0.117. The summed E-state index contributed by atoms with van der Waals surface area (Å²) < 4.78 is 32.0. The zero-order valence-corrected chi connectivity index (χ0v) is 22.2. The Kier molecular flexibility index (Phi) is 5.84. The molecule has 4 heteroatoms. The maximum atomic E-state index is 13.1. The highest BCUT2D eigenvalue weighted by molar-refractivity contribution is 7.86. The van der Waals surface area contributed by atoms with Gasteiger partial charge in [0.1, 0.15) is 0 Å². The van der Waals surface area contributed by atoms with E-state index < -0.39 is 10.1 Å². The highest BCUT2D eigenvalue weighted by Gasteiger charge is 2.58. The predicted molar refractivity (Wildman–Crippen MR) is 134 cm³/mol. The molecule has 0 heterocycles. The van der Waals surface area contributed by atoms with Gasteiger partial charge in [0.05, 0.1) is 11.0 Å².